The molecule has 0 bridgehead atoms. The maximum absolute atomic E-state index is 10.6. The first-order valence-electron chi connectivity index (χ1n) is 3.65. The highest BCUT2D eigenvalue weighted by Crippen LogP contribution is 1.96. The van der Waals surface area contributed by atoms with Crippen LogP contribution in [0.2, 0.25) is 0 Å². The number of nitrogens with two attached hydrogens (primary N) is 2. The van der Waals surface area contributed by atoms with Crippen molar-refractivity contribution in [1.82, 2.24) is 4.31 Å². The largest absolute Gasteiger partial charge is 0.335 e. The highest BCUT2D eigenvalue weighted by Gasteiger charge is 2.16. The molecule has 0 aliphatic heterocycles. The van der Waals surface area contributed by atoms with Crippen LogP contribution in [-0.4, -0.2) is 43.5 Å². The molecule has 6 nitrogen and oxygen atoms in total. The van der Waals surface area contributed by atoms with Crippen molar-refractivity contribution in [2.45, 2.75) is 6.42 Å². The van der Waals surface area contributed by atoms with Gasteiger partial charge < -0.3 is 11.5 Å². The summed E-state index contributed by atoms with van der Waals surface area (Å²) in [5.41, 5.74) is 10.3. The molecule has 0 aliphatic carbocycles. The topological polar surface area (TPSA) is 110 Å². The second kappa shape index (κ2) is 5.44. The van der Waals surface area contributed by atoms with Gasteiger partial charge in [-0.3, -0.25) is 4.55 Å². The first-order valence-corrected chi connectivity index (χ1v) is 5.04. The van der Waals surface area contributed by atoms with Crippen LogP contribution < -0.4 is 11.5 Å². The van der Waals surface area contributed by atoms with Crippen molar-refractivity contribution < 1.29 is 13.0 Å². The molecule has 0 saturated heterocycles. The van der Waals surface area contributed by atoms with Gasteiger partial charge in [0.1, 0.15) is 0 Å². The van der Waals surface area contributed by atoms with Gasteiger partial charge in [0.2, 0.25) is 0 Å². The maximum Gasteiger partial charge on any atom is 0.335 e. The molecule has 0 aromatic carbocycles. The lowest BCUT2D eigenvalue weighted by atomic mass is 10.4. The minimum absolute atomic E-state index is 0.124. The van der Waals surface area contributed by atoms with Gasteiger partial charge in [-0.25, -0.2) is 0 Å². The summed E-state index contributed by atoms with van der Waals surface area (Å²) >= 11 is 0. The van der Waals surface area contributed by atoms with Crippen molar-refractivity contribution >= 4 is 10.3 Å². The number of nitrogens with zero attached hydrogens (tertiary/aromatic N) is 1. The summed E-state index contributed by atoms with van der Waals surface area (Å²) in [5.74, 6) is 0. The fourth-order valence-corrected chi connectivity index (χ4v) is 1.45. The molecule has 0 fully saturated rings. The maximum atomic E-state index is 10.6. The molecule has 74 valence electrons. The fourth-order valence-electron chi connectivity index (χ4n) is 0.754. The van der Waals surface area contributed by atoms with Crippen molar-refractivity contribution in [2.24, 2.45) is 11.5 Å². The van der Waals surface area contributed by atoms with Crippen LogP contribution >= 0.6 is 0 Å². The Bertz CT molecular complexity index is 204. The quantitative estimate of drug-likeness (QED) is 0.444. The molecular weight excluding hydrogens is 182 g/mol. The lowest BCUT2D eigenvalue weighted by molar-refractivity contribution is 0.353. The zero-order valence-electron chi connectivity index (χ0n) is 6.81. The Hall–Kier alpha value is -0.210. The van der Waals surface area contributed by atoms with Crippen LogP contribution in [0.3, 0.4) is 0 Å². The number of hydrogen-bond donors (Lipinski definition) is 3. The lowest BCUT2D eigenvalue weighted by Gasteiger charge is -2.16. The second-order valence-corrected chi connectivity index (χ2v) is 3.72. The van der Waals surface area contributed by atoms with E-state index in [2.05, 4.69) is 0 Å². The van der Waals surface area contributed by atoms with E-state index >= 15 is 0 Å². The summed E-state index contributed by atoms with van der Waals surface area (Å²) in [5, 5.41) is 0. The summed E-state index contributed by atoms with van der Waals surface area (Å²) in [6, 6.07) is 0. The van der Waals surface area contributed by atoms with Crippen molar-refractivity contribution in [3.63, 3.8) is 0 Å². The van der Waals surface area contributed by atoms with Crippen LogP contribution in [0.25, 0.3) is 0 Å². The molecular formula is C5H15N3O3S. The number of rotatable bonds is 6. The monoisotopic (exact) mass is 197 g/mol. The minimum Gasteiger partial charge on any atom is -0.330 e. The lowest BCUT2D eigenvalue weighted by Crippen LogP contribution is -2.36. The van der Waals surface area contributed by atoms with Crippen LogP contribution in [0.15, 0.2) is 0 Å². The Balaban J connectivity index is 4.05. The normalized spacial score (nSPS) is 12.3. The standard InChI is InChI=1S/C5H15N3O3S/c6-2-1-4-8(5-3-7)12(9,10)11/h1-7H2,(H,9,10,11). The highest BCUT2D eigenvalue weighted by atomic mass is 32.2. The average molecular weight is 197 g/mol. The van der Waals surface area contributed by atoms with Gasteiger partial charge in [-0.1, -0.05) is 0 Å². The molecule has 0 unspecified atom stereocenters. The smallest absolute Gasteiger partial charge is 0.330 e. The molecule has 5 N–H and O–H groups in total. The third-order valence-electron chi connectivity index (χ3n) is 1.32. The summed E-state index contributed by atoms with van der Waals surface area (Å²) in [6.07, 6.45) is 0.514. The molecule has 12 heavy (non-hydrogen) atoms. The summed E-state index contributed by atoms with van der Waals surface area (Å²) < 4.78 is 30.8. The van der Waals surface area contributed by atoms with Gasteiger partial charge in [-0.05, 0) is 13.0 Å². The Morgan fingerprint density at radius 1 is 1.17 bits per heavy atom. The van der Waals surface area contributed by atoms with E-state index in [0.29, 0.717) is 13.0 Å². The molecule has 0 saturated carbocycles. The predicted molar refractivity (Wildman–Crippen MR) is 45.8 cm³/mol. The number of hydrogen-bond acceptors (Lipinski definition) is 4. The zero-order chi connectivity index (χ0) is 9.61. The SMILES string of the molecule is NCCCN(CCN)S(=O)(=O)O. The van der Waals surface area contributed by atoms with Gasteiger partial charge in [0.15, 0.2) is 0 Å². The van der Waals surface area contributed by atoms with Crippen molar-refractivity contribution in [3.05, 3.63) is 0 Å². The van der Waals surface area contributed by atoms with Gasteiger partial charge in [0, 0.05) is 19.6 Å². The van der Waals surface area contributed by atoms with E-state index in [4.69, 9.17) is 16.0 Å². The fraction of sp³-hybridized carbons (Fsp3) is 1.00. The Labute approximate surface area is 72.4 Å². The third kappa shape index (κ3) is 4.62. The van der Waals surface area contributed by atoms with E-state index < -0.39 is 10.3 Å². The molecule has 0 aromatic rings. The van der Waals surface area contributed by atoms with Gasteiger partial charge >= 0.3 is 10.3 Å². The van der Waals surface area contributed by atoms with Crippen LogP contribution in [0.5, 0.6) is 0 Å². The van der Waals surface area contributed by atoms with Gasteiger partial charge in [-0.2, -0.15) is 12.7 Å². The summed E-state index contributed by atoms with van der Waals surface area (Å²) in [4.78, 5) is 0. The van der Waals surface area contributed by atoms with E-state index in [9.17, 15) is 8.42 Å². The average Bonchev–Trinajstić information content (AvgIpc) is 1.95. The summed E-state index contributed by atoms with van der Waals surface area (Å²) in [6.45, 7) is 0.909. The van der Waals surface area contributed by atoms with Gasteiger partial charge in [0.25, 0.3) is 0 Å². The van der Waals surface area contributed by atoms with Crippen LogP contribution in [-0.2, 0) is 10.3 Å². The van der Waals surface area contributed by atoms with Crippen molar-refractivity contribution in [2.75, 3.05) is 26.2 Å². The molecule has 0 heterocycles. The van der Waals surface area contributed by atoms with Crippen molar-refractivity contribution in [1.29, 1.82) is 0 Å². The van der Waals surface area contributed by atoms with Gasteiger partial charge in [-0.15, -0.1) is 0 Å². The molecule has 0 aliphatic rings. The first-order chi connectivity index (χ1) is 5.52. The molecule has 0 atom stereocenters. The van der Waals surface area contributed by atoms with Crippen LogP contribution in [0, 0.1) is 0 Å². The molecule has 0 radical (unpaired) electrons. The van der Waals surface area contributed by atoms with E-state index in [1.54, 1.807) is 0 Å². The first kappa shape index (κ1) is 11.8. The Morgan fingerprint density at radius 3 is 2.08 bits per heavy atom. The van der Waals surface area contributed by atoms with Crippen molar-refractivity contribution in [3.8, 4) is 0 Å². The molecule has 0 spiro atoms. The van der Waals surface area contributed by atoms with E-state index in [1.807, 2.05) is 0 Å². The summed E-state index contributed by atoms with van der Waals surface area (Å²) in [7, 11) is -4.10. The van der Waals surface area contributed by atoms with Gasteiger partial charge in [0.05, 0.1) is 0 Å². The molecule has 0 aromatic heterocycles. The predicted octanol–water partition coefficient (Wildman–Crippen LogP) is -1.60. The van der Waals surface area contributed by atoms with Crippen LogP contribution in [0.1, 0.15) is 6.42 Å². The Kier molecular flexibility index (Phi) is 5.34. The Morgan fingerprint density at radius 2 is 1.75 bits per heavy atom. The second-order valence-electron chi connectivity index (χ2n) is 2.31. The molecule has 0 rings (SSSR count). The third-order valence-corrected chi connectivity index (χ3v) is 2.33. The van der Waals surface area contributed by atoms with E-state index in [1.165, 1.54) is 0 Å². The minimum atomic E-state index is -4.10. The highest BCUT2D eigenvalue weighted by molar-refractivity contribution is 7.83. The zero-order valence-corrected chi connectivity index (χ0v) is 7.63. The van der Waals surface area contributed by atoms with E-state index in [-0.39, 0.29) is 19.6 Å². The molecule has 0 amide bonds. The van der Waals surface area contributed by atoms with Crippen LogP contribution in [0.4, 0.5) is 0 Å². The van der Waals surface area contributed by atoms with E-state index in [0.717, 1.165) is 4.31 Å². The molecule has 7 heteroatoms.